The number of nitro groups is 1. The van der Waals surface area contributed by atoms with Crippen molar-refractivity contribution in [1.82, 2.24) is 4.90 Å². The SMILES string of the molecule is COc1cc(C(=O)N2CC(C(=O)O)O[C@H](C)C2)c([N+](=O)[O-])cc1OC(F)F. The van der Waals surface area contributed by atoms with E-state index in [-0.39, 0.29) is 18.8 Å². The third-order valence-electron chi connectivity index (χ3n) is 3.75. The van der Waals surface area contributed by atoms with Gasteiger partial charge >= 0.3 is 12.6 Å². The van der Waals surface area contributed by atoms with Crippen LogP contribution in [0, 0.1) is 10.1 Å². The first-order valence-corrected chi connectivity index (χ1v) is 7.62. The second-order valence-electron chi connectivity index (χ2n) is 5.64. The van der Waals surface area contributed by atoms with E-state index in [0.717, 1.165) is 18.1 Å². The van der Waals surface area contributed by atoms with Crippen LogP contribution in [0.25, 0.3) is 0 Å². The van der Waals surface area contributed by atoms with Crippen LogP contribution in [0.4, 0.5) is 14.5 Å². The van der Waals surface area contributed by atoms with Crippen LogP contribution < -0.4 is 9.47 Å². The molecule has 1 amide bonds. The number of amides is 1. The maximum absolute atomic E-state index is 12.8. The molecule has 0 radical (unpaired) electrons. The number of carbonyl (C=O) groups excluding carboxylic acids is 1. The number of alkyl halides is 2. The third-order valence-corrected chi connectivity index (χ3v) is 3.75. The molecule has 12 heteroatoms. The van der Waals surface area contributed by atoms with Gasteiger partial charge in [0, 0.05) is 12.6 Å². The highest BCUT2D eigenvalue weighted by Crippen LogP contribution is 2.36. The smallest absolute Gasteiger partial charge is 0.387 e. The molecule has 1 saturated heterocycles. The van der Waals surface area contributed by atoms with Crippen molar-refractivity contribution in [3.8, 4) is 11.5 Å². The maximum Gasteiger partial charge on any atom is 0.387 e. The fraction of sp³-hybridized carbons (Fsp3) is 0.467. The zero-order chi connectivity index (χ0) is 20.3. The second kappa shape index (κ2) is 8.12. The Hall–Kier alpha value is -3.02. The molecule has 1 heterocycles. The molecule has 1 fully saturated rings. The number of morpholine rings is 1. The van der Waals surface area contributed by atoms with E-state index in [1.165, 1.54) is 0 Å². The molecule has 1 aromatic carbocycles. The normalized spacial score (nSPS) is 19.7. The van der Waals surface area contributed by atoms with Gasteiger partial charge in [0.15, 0.2) is 17.6 Å². The van der Waals surface area contributed by atoms with Gasteiger partial charge in [-0.3, -0.25) is 14.9 Å². The monoisotopic (exact) mass is 390 g/mol. The number of hydrogen-bond acceptors (Lipinski definition) is 7. The number of aliphatic carboxylic acids is 1. The standard InChI is InChI=1S/C15H16F2N2O8/c1-7-5-18(6-12(26-7)14(21)22)13(20)8-3-10(25-2)11(27-15(16)17)4-9(8)19(23)24/h3-4,7,12,15H,5-6H2,1-2H3,(H,21,22)/t7-,12?/m1/s1. The quantitative estimate of drug-likeness (QED) is 0.572. The van der Waals surface area contributed by atoms with Crippen LogP contribution in [0.15, 0.2) is 12.1 Å². The molecule has 10 nitrogen and oxygen atoms in total. The van der Waals surface area contributed by atoms with E-state index in [0.29, 0.717) is 6.07 Å². The van der Waals surface area contributed by atoms with E-state index in [4.69, 9.17) is 14.6 Å². The van der Waals surface area contributed by atoms with Crippen molar-refractivity contribution in [2.45, 2.75) is 25.7 Å². The van der Waals surface area contributed by atoms with Crippen LogP contribution in [0.1, 0.15) is 17.3 Å². The minimum absolute atomic E-state index is 0.00261. The molecule has 0 aromatic heterocycles. The van der Waals surface area contributed by atoms with Crippen LogP contribution in [0.3, 0.4) is 0 Å². The third kappa shape index (κ3) is 4.58. The number of methoxy groups -OCH3 is 1. The predicted octanol–water partition coefficient (Wildman–Crippen LogP) is 1.52. The fourth-order valence-corrected chi connectivity index (χ4v) is 2.64. The first kappa shape index (κ1) is 20.3. The maximum atomic E-state index is 12.8. The minimum Gasteiger partial charge on any atom is -0.493 e. The average molecular weight is 390 g/mol. The van der Waals surface area contributed by atoms with Gasteiger partial charge in [-0.25, -0.2) is 4.79 Å². The lowest BCUT2D eigenvalue weighted by Gasteiger charge is -2.34. The summed E-state index contributed by atoms with van der Waals surface area (Å²) in [5, 5.41) is 20.4. The lowest BCUT2D eigenvalue weighted by Crippen LogP contribution is -2.51. The lowest BCUT2D eigenvalue weighted by atomic mass is 10.1. The zero-order valence-corrected chi connectivity index (χ0v) is 14.3. The molecule has 0 bridgehead atoms. The minimum atomic E-state index is -3.25. The molecule has 0 saturated carbocycles. The predicted molar refractivity (Wildman–Crippen MR) is 84.2 cm³/mol. The fourth-order valence-electron chi connectivity index (χ4n) is 2.64. The van der Waals surface area contributed by atoms with Crippen molar-refractivity contribution in [1.29, 1.82) is 0 Å². The van der Waals surface area contributed by atoms with E-state index >= 15 is 0 Å². The van der Waals surface area contributed by atoms with Crippen LogP contribution in [-0.4, -0.2) is 65.8 Å². The molecular weight excluding hydrogens is 374 g/mol. The Morgan fingerprint density at radius 1 is 1.37 bits per heavy atom. The molecule has 2 rings (SSSR count). The van der Waals surface area contributed by atoms with Crippen molar-refractivity contribution in [3.05, 3.63) is 27.8 Å². The first-order valence-electron chi connectivity index (χ1n) is 7.62. The molecule has 1 aliphatic heterocycles. The Morgan fingerprint density at radius 2 is 2.04 bits per heavy atom. The largest absolute Gasteiger partial charge is 0.493 e. The molecular formula is C15H16F2N2O8. The van der Waals surface area contributed by atoms with E-state index in [1.54, 1.807) is 6.92 Å². The van der Waals surface area contributed by atoms with Crippen LogP contribution in [0.5, 0.6) is 11.5 Å². The molecule has 1 unspecified atom stereocenters. The number of nitro benzene ring substituents is 1. The highest BCUT2D eigenvalue weighted by atomic mass is 19.3. The van der Waals surface area contributed by atoms with Gasteiger partial charge < -0.3 is 24.2 Å². The first-order chi connectivity index (χ1) is 12.6. The summed E-state index contributed by atoms with van der Waals surface area (Å²) in [7, 11) is 1.12. The Labute approximate surface area is 151 Å². The number of ether oxygens (including phenoxy) is 3. The van der Waals surface area contributed by atoms with Crippen LogP contribution in [-0.2, 0) is 9.53 Å². The van der Waals surface area contributed by atoms with Crippen LogP contribution >= 0.6 is 0 Å². The molecule has 1 N–H and O–H groups in total. The van der Waals surface area contributed by atoms with Crippen LogP contribution in [0.2, 0.25) is 0 Å². The summed E-state index contributed by atoms with van der Waals surface area (Å²) in [6.07, 6.45) is -1.91. The van der Waals surface area contributed by atoms with Gasteiger partial charge in [0.1, 0.15) is 5.56 Å². The zero-order valence-electron chi connectivity index (χ0n) is 14.3. The number of halogens is 2. The van der Waals surface area contributed by atoms with Crippen molar-refractivity contribution in [3.63, 3.8) is 0 Å². The van der Waals surface area contributed by atoms with Gasteiger partial charge in [0.2, 0.25) is 0 Å². The van der Waals surface area contributed by atoms with E-state index in [2.05, 4.69) is 4.74 Å². The summed E-state index contributed by atoms with van der Waals surface area (Å²) in [6, 6.07) is 1.57. The summed E-state index contributed by atoms with van der Waals surface area (Å²) >= 11 is 0. The Bertz CT molecular complexity index is 758. The molecule has 0 spiro atoms. The highest BCUT2D eigenvalue weighted by molar-refractivity contribution is 5.99. The number of nitrogens with zero attached hydrogens (tertiary/aromatic N) is 2. The summed E-state index contributed by atoms with van der Waals surface area (Å²) < 4.78 is 39.2. The Morgan fingerprint density at radius 3 is 2.56 bits per heavy atom. The number of benzene rings is 1. The van der Waals surface area contributed by atoms with E-state index in [1.807, 2.05) is 0 Å². The summed E-state index contributed by atoms with van der Waals surface area (Å²) in [5.41, 5.74) is -1.22. The van der Waals surface area contributed by atoms with Gasteiger partial charge in [-0.15, -0.1) is 0 Å². The van der Waals surface area contributed by atoms with Gasteiger partial charge in [0.05, 0.1) is 30.7 Å². The molecule has 2 atom stereocenters. The summed E-state index contributed by atoms with van der Waals surface area (Å²) in [5.74, 6) is -3.05. The summed E-state index contributed by atoms with van der Waals surface area (Å²) in [4.78, 5) is 35.4. The van der Waals surface area contributed by atoms with Gasteiger partial charge in [-0.05, 0) is 6.92 Å². The number of carbonyl (C=O) groups is 2. The van der Waals surface area contributed by atoms with Crippen molar-refractivity contribution in [2.24, 2.45) is 0 Å². The molecule has 1 aliphatic rings. The number of rotatable bonds is 6. The Balaban J connectivity index is 2.44. The summed E-state index contributed by atoms with van der Waals surface area (Å²) in [6.45, 7) is -2.04. The number of carboxylic acid groups (broad SMARTS) is 1. The highest BCUT2D eigenvalue weighted by Gasteiger charge is 2.36. The van der Waals surface area contributed by atoms with Gasteiger partial charge in [0.25, 0.3) is 11.6 Å². The topological polar surface area (TPSA) is 128 Å². The molecule has 27 heavy (non-hydrogen) atoms. The average Bonchev–Trinajstić information content (AvgIpc) is 2.59. The molecule has 1 aromatic rings. The van der Waals surface area contributed by atoms with Crippen molar-refractivity contribution >= 4 is 17.6 Å². The lowest BCUT2D eigenvalue weighted by molar-refractivity contribution is -0.385. The Kier molecular flexibility index (Phi) is 6.10. The van der Waals surface area contributed by atoms with Crippen molar-refractivity contribution < 1.29 is 42.6 Å². The number of hydrogen-bond donors (Lipinski definition) is 1. The molecule has 148 valence electrons. The van der Waals surface area contributed by atoms with Gasteiger partial charge in [-0.2, -0.15) is 8.78 Å². The van der Waals surface area contributed by atoms with E-state index < -0.39 is 52.6 Å². The van der Waals surface area contributed by atoms with Crippen molar-refractivity contribution in [2.75, 3.05) is 20.2 Å². The van der Waals surface area contributed by atoms with E-state index in [9.17, 15) is 28.5 Å². The second-order valence-corrected chi connectivity index (χ2v) is 5.64. The molecule has 0 aliphatic carbocycles. The van der Waals surface area contributed by atoms with Gasteiger partial charge in [-0.1, -0.05) is 0 Å². The number of carboxylic acids is 1.